The Kier molecular flexibility index (Phi) is 2.86. The van der Waals surface area contributed by atoms with Crippen molar-refractivity contribution in [1.29, 1.82) is 0 Å². The lowest BCUT2D eigenvalue weighted by atomic mass is 10.0. The minimum absolute atomic E-state index is 0.221. The maximum Gasteiger partial charge on any atom is 0.119 e. The molecule has 4 rings (SSSR count). The van der Waals surface area contributed by atoms with Gasteiger partial charge in [0.2, 0.25) is 0 Å². The summed E-state index contributed by atoms with van der Waals surface area (Å²) in [7, 11) is 0. The van der Waals surface area contributed by atoms with Crippen molar-refractivity contribution in [2.24, 2.45) is 5.73 Å². The molecule has 1 aromatic carbocycles. The van der Waals surface area contributed by atoms with Gasteiger partial charge in [0.1, 0.15) is 5.75 Å². The van der Waals surface area contributed by atoms with Gasteiger partial charge in [0.05, 0.1) is 30.1 Å². The second-order valence-corrected chi connectivity index (χ2v) is 5.37. The Hall–Kier alpha value is -2.40. The third-order valence-corrected chi connectivity index (χ3v) is 3.76. The molecule has 21 heavy (non-hydrogen) atoms. The second-order valence-electron chi connectivity index (χ2n) is 5.37. The molecule has 106 valence electrons. The van der Waals surface area contributed by atoms with Gasteiger partial charge in [-0.15, -0.1) is 0 Å². The largest absolute Gasteiger partial charge is 0.490 e. The zero-order valence-electron chi connectivity index (χ0n) is 11.5. The van der Waals surface area contributed by atoms with E-state index in [1.807, 2.05) is 30.5 Å². The second kappa shape index (κ2) is 4.86. The standard InChI is InChI=1S/C16H16N4O/c17-16(14-9-19-20-8-7-18-10-15(14)20)11-1-3-12(4-2-11)21-13-5-6-13/h1-4,7-10,13,16H,5-6,17H2. The molecule has 5 heteroatoms. The summed E-state index contributed by atoms with van der Waals surface area (Å²) in [4.78, 5) is 4.14. The van der Waals surface area contributed by atoms with Crippen molar-refractivity contribution in [1.82, 2.24) is 14.6 Å². The van der Waals surface area contributed by atoms with E-state index in [1.54, 1.807) is 23.1 Å². The van der Waals surface area contributed by atoms with E-state index in [0.29, 0.717) is 6.10 Å². The topological polar surface area (TPSA) is 65.4 Å². The third kappa shape index (κ3) is 2.36. The smallest absolute Gasteiger partial charge is 0.119 e. The average Bonchev–Trinajstić information content (AvgIpc) is 3.23. The molecule has 2 N–H and O–H groups in total. The quantitative estimate of drug-likeness (QED) is 0.796. The Morgan fingerprint density at radius 1 is 1.19 bits per heavy atom. The summed E-state index contributed by atoms with van der Waals surface area (Å²) >= 11 is 0. The van der Waals surface area contributed by atoms with Crippen LogP contribution in [0.5, 0.6) is 5.75 Å². The van der Waals surface area contributed by atoms with Crippen molar-refractivity contribution in [3.63, 3.8) is 0 Å². The fourth-order valence-corrected chi connectivity index (χ4v) is 2.40. The van der Waals surface area contributed by atoms with Gasteiger partial charge < -0.3 is 10.5 Å². The van der Waals surface area contributed by atoms with Crippen LogP contribution in [0.1, 0.15) is 30.0 Å². The lowest BCUT2D eigenvalue weighted by Gasteiger charge is -2.12. The number of nitrogens with zero attached hydrogens (tertiary/aromatic N) is 3. The Balaban J connectivity index is 1.62. The third-order valence-electron chi connectivity index (χ3n) is 3.76. The Labute approximate surface area is 122 Å². The molecule has 0 spiro atoms. The fourth-order valence-electron chi connectivity index (χ4n) is 2.40. The van der Waals surface area contributed by atoms with Crippen LogP contribution in [-0.4, -0.2) is 20.7 Å². The molecule has 0 aliphatic heterocycles. The van der Waals surface area contributed by atoms with Gasteiger partial charge in [-0.1, -0.05) is 12.1 Å². The highest BCUT2D eigenvalue weighted by molar-refractivity contribution is 5.55. The zero-order valence-corrected chi connectivity index (χ0v) is 11.5. The van der Waals surface area contributed by atoms with Gasteiger partial charge in [-0.3, -0.25) is 4.98 Å². The zero-order chi connectivity index (χ0) is 14.2. The number of rotatable bonds is 4. The number of aromatic nitrogens is 3. The van der Waals surface area contributed by atoms with E-state index >= 15 is 0 Å². The summed E-state index contributed by atoms with van der Waals surface area (Å²) in [6.45, 7) is 0. The Bertz CT molecular complexity index is 761. The van der Waals surface area contributed by atoms with E-state index in [2.05, 4.69) is 10.1 Å². The predicted molar refractivity (Wildman–Crippen MR) is 79.1 cm³/mol. The van der Waals surface area contributed by atoms with Crippen LogP contribution >= 0.6 is 0 Å². The van der Waals surface area contributed by atoms with Crippen LogP contribution in [0.15, 0.2) is 49.1 Å². The molecule has 1 aliphatic carbocycles. The predicted octanol–water partition coefficient (Wildman–Crippen LogP) is 2.32. The van der Waals surface area contributed by atoms with E-state index in [9.17, 15) is 0 Å². The van der Waals surface area contributed by atoms with E-state index in [4.69, 9.17) is 10.5 Å². The maximum atomic E-state index is 6.37. The van der Waals surface area contributed by atoms with Crippen LogP contribution in [0.3, 0.4) is 0 Å². The van der Waals surface area contributed by atoms with Crippen molar-refractivity contribution >= 4 is 5.52 Å². The first-order chi connectivity index (χ1) is 10.3. The van der Waals surface area contributed by atoms with Crippen LogP contribution in [0.25, 0.3) is 5.52 Å². The van der Waals surface area contributed by atoms with Crippen LogP contribution in [0.2, 0.25) is 0 Å². The van der Waals surface area contributed by atoms with Gasteiger partial charge in [0, 0.05) is 18.0 Å². The van der Waals surface area contributed by atoms with Crippen molar-refractivity contribution in [3.05, 3.63) is 60.2 Å². The van der Waals surface area contributed by atoms with Gasteiger partial charge in [0.25, 0.3) is 0 Å². The lowest BCUT2D eigenvalue weighted by molar-refractivity contribution is 0.303. The van der Waals surface area contributed by atoms with Crippen LogP contribution in [0, 0.1) is 0 Å². The van der Waals surface area contributed by atoms with Gasteiger partial charge >= 0.3 is 0 Å². The summed E-state index contributed by atoms with van der Waals surface area (Å²) in [5, 5.41) is 4.30. The van der Waals surface area contributed by atoms with E-state index in [1.165, 1.54) is 0 Å². The normalized spacial score (nSPS) is 16.0. The molecule has 0 radical (unpaired) electrons. The van der Waals surface area contributed by atoms with Gasteiger partial charge in [0.15, 0.2) is 0 Å². The number of hydrogen-bond acceptors (Lipinski definition) is 4. The monoisotopic (exact) mass is 280 g/mol. The molecule has 0 amide bonds. The highest BCUT2D eigenvalue weighted by atomic mass is 16.5. The molecule has 1 saturated carbocycles. The Morgan fingerprint density at radius 3 is 2.76 bits per heavy atom. The van der Waals surface area contributed by atoms with E-state index < -0.39 is 0 Å². The minimum Gasteiger partial charge on any atom is -0.490 e. The highest BCUT2D eigenvalue weighted by Crippen LogP contribution is 2.29. The molecule has 0 bridgehead atoms. The molecule has 2 aromatic heterocycles. The molecular weight excluding hydrogens is 264 g/mol. The summed E-state index contributed by atoms with van der Waals surface area (Å²) in [5.74, 6) is 0.912. The minimum atomic E-state index is -0.221. The molecule has 1 unspecified atom stereocenters. The van der Waals surface area contributed by atoms with Crippen LogP contribution < -0.4 is 10.5 Å². The molecule has 1 fully saturated rings. The van der Waals surface area contributed by atoms with Gasteiger partial charge in [-0.2, -0.15) is 5.10 Å². The van der Waals surface area contributed by atoms with Gasteiger partial charge in [-0.05, 0) is 30.5 Å². The molecule has 3 aromatic rings. The molecule has 5 nitrogen and oxygen atoms in total. The summed E-state index contributed by atoms with van der Waals surface area (Å²) in [6, 6.07) is 7.78. The van der Waals surface area contributed by atoms with Crippen molar-refractivity contribution in [3.8, 4) is 5.75 Å². The summed E-state index contributed by atoms with van der Waals surface area (Å²) < 4.78 is 7.54. The first-order valence-corrected chi connectivity index (χ1v) is 7.11. The van der Waals surface area contributed by atoms with E-state index in [0.717, 1.165) is 35.2 Å². The first kappa shape index (κ1) is 12.3. The highest BCUT2D eigenvalue weighted by Gasteiger charge is 2.23. The average molecular weight is 280 g/mol. The number of benzene rings is 1. The molecule has 1 atom stereocenters. The fraction of sp³-hybridized carbons (Fsp3) is 0.250. The van der Waals surface area contributed by atoms with Gasteiger partial charge in [-0.25, -0.2) is 4.52 Å². The summed E-state index contributed by atoms with van der Waals surface area (Å²) in [5.41, 5.74) is 9.31. The summed E-state index contributed by atoms with van der Waals surface area (Å²) in [6.07, 6.45) is 9.85. The van der Waals surface area contributed by atoms with Crippen molar-refractivity contribution < 1.29 is 4.74 Å². The maximum absolute atomic E-state index is 6.37. The number of hydrogen-bond donors (Lipinski definition) is 1. The van der Waals surface area contributed by atoms with E-state index in [-0.39, 0.29) is 6.04 Å². The van der Waals surface area contributed by atoms with Crippen LogP contribution in [0.4, 0.5) is 0 Å². The Morgan fingerprint density at radius 2 is 2.00 bits per heavy atom. The number of fused-ring (bicyclic) bond motifs is 1. The molecular formula is C16H16N4O. The molecule has 0 saturated heterocycles. The number of ether oxygens (including phenoxy) is 1. The lowest BCUT2D eigenvalue weighted by Crippen LogP contribution is -2.11. The molecule has 1 aliphatic rings. The molecule has 2 heterocycles. The van der Waals surface area contributed by atoms with Crippen molar-refractivity contribution in [2.45, 2.75) is 25.0 Å². The van der Waals surface area contributed by atoms with Crippen molar-refractivity contribution in [2.75, 3.05) is 0 Å². The SMILES string of the molecule is NC(c1ccc(OC2CC2)cc1)c1cnn2ccncc12. The number of nitrogens with two attached hydrogens (primary N) is 1. The van der Waals surface area contributed by atoms with Crippen LogP contribution in [-0.2, 0) is 0 Å². The first-order valence-electron chi connectivity index (χ1n) is 7.11.